The van der Waals surface area contributed by atoms with Crippen molar-refractivity contribution in [1.82, 2.24) is 10.9 Å². The summed E-state index contributed by atoms with van der Waals surface area (Å²) >= 11 is 1.07. The molecule has 9 heteroatoms. The summed E-state index contributed by atoms with van der Waals surface area (Å²) in [6, 6.07) is 9.19. The molecule has 0 bridgehead atoms. The molecule has 22 heavy (non-hydrogen) atoms. The maximum atomic E-state index is 12.2. The number of hydrogen-bond donors (Lipinski definition) is 3. The minimum absolute atomic E-state index is 0.0939. The molecule has 1 aromatic carbocycles. The second-order valence-corrected chi connectivity index (χ2v) is 7.08. The molecule has 0 spiro atoms. The Morgan fingerprint density at radius 1 is 1.05 bits per heavy atom. The van der Waals surface area contributed by atoms with Gasteiger partial charge < -0.3 is 0 Å². The Labute approximate surface area is 131 Å². The van der Waals surface area contributed by atoms with E-state index in [0.29, 0.717) is 0 Å². The van der Waals surface area contributed by atoms with Crippen molar-refractivity contribution in [2.45, 2.75) is 11.1 Å². The average Bonchev–Trinajstić information content (AvgIpc) is 3.00. The number of para-hydroxylation sites is 1. The van der Waals surface area contributed by atoms with Crippen LogP contribution in [0.5, 0.6) is 0 Å². The number of nitrogens with one attached hydrogen (secondary N) is 3. The van der Waals surface area contributed by atoms with Crippen LogP contribution in [0.15, 0.2) is 46.0 Å². The Morgan fingerprint density at radius 3 is 2.41 bits per heavy atom. The highest BCUT2D eigenvalue weighted by atomic mass is 32.2. The smallest absolute Gasteiger partial charge is 0.271 e. The number of sulfonamides is 1. The SMILES string of the molecule is CC(=O)NNC(=O)c1ccccc1NS(=O)(=O)c1cccs1. The molecule has 0 atom stereocenters. The standard InChI is InChI=1S/C13H13N3O4S2/c1-9(17)14-15-13(18)10-5-2-3-6-11(10)16-22(19,20)12-7-4-8-21-12/h2-8,16H,1H3,(H,14,17)(H,15,18). The zero-order valence-electron chi connectivity index (χ0n) is 11.5. The normalized spacial score (nSPS) is 10.8. The van der Waals surface area contributed by atoms with E-state index in [1.807, 2.05) is 0 Å². The predicted octanol–water partition coefficient (Wildman–Crippen LogP) is 1.33. The second kappa shape index (κ2) is 6.58. The van der Waals surface area contributed by atoms with E-state index in [9.17, 15) is 18.0 Å². The van der Waals surface area contributed by atoms with Gasteiger partial charge in [-0.3, -0.25) is 25.2 Å². The average molecular weight is 339 g/mol. The van der Waals surface area contributed by atoms with E-state index in [0.717, 1.165) is 11.3 Å². The summed E-state index contributed by atoms with van der Waals surface area (Å²) < 4.78 is 26.9. The number of rotatable bonds is 4. The van der Waals surface area contributed by atoms with Crippen LogP contribution in [0.4, 0.5) is 5.69 Å². The van der Waals surface area contributed by atoms with Gasteiger partial charge in [-0.1, -0.05) is 18.2 Å². The first kappa shape index (κ1) is 16.0. The molecule has 2 amide bonds. The van der Waals surface area contributed by atoms with Crippen LogP contribution in [0.1, 0.15) is 17.3 Å². The molecule has 0 aliphatic heterocycles. The minimum Gasteiger partial charge on any atom is -0.278 e. The van der Waals surface area contributed by atoms with Crippen molar-refractivity contribution in [2.24, 2.45) is 0 Å². The van der Waals surface area contributed by atoms with Crippen LogP contribution in [0.25, 0.3) is 0 Å². The lowest BCUT2D eigenvalue weighted by molar-refractivity contribution is -0.119. The van der Waals surface area contributed by atoms with Crippen LogP contribution >= 0.6 is 11.3 Å². The minimum atomic E-state index is -3.76. The number of hydrogen-bond acceptors (Lipinski definition) is 5. The fraction of sp³-hybridized carbons (Fsp3) is 0.0769. The molecule has 0 unspecified atom stereocenters. The largest absolute Gasteiger partial charge is 0.278 e. The zero-order chi connectivity index (χ0) is 16.2. The molecule has 7 nitrogen and oxygen atoms in total. The Hall–Kier alpha value is -2.39. The number of carbonyl (C=O) groups is 2. The molecule has 2 rings (SSSR count). The molecule has 0 radical (unpaired) electrons. The van der Waals surface area contributed by atoms with E-state index in [1.54, 1.807) is 23.6 Å². The maximum Gasteiger partial charge on any atom is 0.271 e. The van der Waals surface area contributed by atoms with E-state index < -0.39 is 21.8 Å². The Morgan fingerprint density at radius 2 is 1.77 bits per heavy atom. The summed E-state index contributed by atoms with van der Waals surface area (Å²) in [5.74, 6) is -1.07. The van der Waals surface area contributed by atoms with E-state index in [1.165, 1.54) is 25.1 Å². The first-order valence-corrected chi connectivity index (χ1v) is 8.49. The van der Waals surface area contributed by atoms with Crippen LogP contribution in [-0.4, -0.2) is 20.2 Å². The van der Waals surface area contributed by atoms with Crippen LogP contribution in [0.2, 0.25) is 0 Å². The fourth-order valence-electron chi connectivity index (χ4n) is 1.59. The monoisotopic (exact) mass is 339 g/mol. The van der Waals surface area contributed by atoms with Gasteiger partial charge in [-0.15, -0.1) is 11.3 Å². The molecule has 3 N–H and O–H groups in total. The van der Waals surface area contributed by atoms with E-state index >= 15 is 0 Å². The molecule has 0 fully saturated rings. The number of thiophene rings is 1. The van der Waals surface area contributed by atoms with Crippen molar-refractivity contribution in [2.75, 3.05) is 4.72 Å². The lowest BCUT2D eigenvalue weighted by atomic mass is 10.2. The molecule has 1 heterocycles. The molecule has 0 aliphatic rings. The molecule has 0 saturated heterocycles. The molecular weight excluding hydrogens is 326 g/mol. The van der Waals surface area contributed by atoms with Gasteiger partial charge in [0.1, 0.15) is 4.21 Å². The summed E-state index contributed by atoms with van der Waals surface area (Å²) in [6.45, 7) is 1.24. The predicted molar refractivity (Wildman–Crippen MR) is 82.9 cm³/mol. The Bertz CT molecular complexity index is 785. The topological polar surface area (TPSA) is 104 Å². The summed E-state index contributed by atoms with van der Waals surface area (Å²) in [5.41, 5.74) is 4.55. The summed E-state index contributed by atoms with van der Waals surface area (Å²) in [4.78, 5) is 22.8. The lowest BCUT2D eigenvalue weighted by Gasteiger charge is -2.12. The van der Waals surface area contributed by atoms with Gasteiger partial charge in [0.15, 0.2) is 0 Å². The third-order valence-electron chi connectivity index (χ3n) is 2.53. The maximum absolute atomic E-state index is 12.2. The van der Waals surface area contributed by atoms with Crippen molar-refractivity contribution >= 4 is 38.9 Å². The van der Waals surface area contributed by atoms with Crippen LogP contribution in [0.3, 0.4) is 0 Å². The number of benzene rings is 1. The number of hydrazine groups is 1. The van der Waals surface area contributed by atoms with Crippen LogP contribution in [0, 0.1) is 0 Å². The molecule has 2 aromatic rings. The lowest BCUT2D eigenvalue weighted by Crippen LogP contribution is -2.40. The third kappa shape index (κ3) is 3.83. The number of anilines is 1. The quantitative estimate of drug-likeness (QED) is 0.731. The van der Waals surface area contributed by atoms with Gasteiger partial charge >= 0.3 is 0 Å². The number of carbonyl (C=O) groups excluding carboxylic acids is 2. The molecule has 1 aromatic heterocycles. The Balaban J connectivity index is 2.25. The molecular formula is C13H13N3O4S2. The van der Waals surface area contributed by atoms with Crippen molar-refractivity contribution in [3.05, 3.63) is 47.3 Å². The highest BCUT2D eigenvalue weighted by Gasteiger charge is 2.19. The first-order valence-electron chi connectivity index (χ1n) is 6.12. The van der Waals surface area contributed by atoms with Crippen molar-refractivity contribution in [3.8, 4) is 0 Å². The van der Waals surface area contributed by atoms with Gasteiger partial charge in [0.25, 0.3) is 15.9 Å². The third-order valence-corrected chi connectivity index (χ3v) is 5.29. The zero-order valence-corrected chi connectivity index (χ0v) is 13.1. The van der Waals surface area contributed by atoms with Crippen LogP contribution < -0.4 is 15.6 Å². The molecule has 0 aliphatic carbocycles. The molecule has 116 valence electrons. The Kier molecular flexibility index (Phi) is 4.78. The second-order valence-electron chi connectivity index (χ2n) is 4.22. The summed E-state index contributed by atoms with van der Waals surface area (Å²) in [6.07, 6.45) is 0. The first-order chi connectivity index (χ1) is 10.4. The fourth-order valence-corrected chi connectivity index (χ4v) is 3.67. The van der Waals surface area contributed by atoms with Gasteiger partial charge in [0.05, 0.1) is 11.3 Å². The summed E-state index contributed by atoms with van der Waals surface area (Å²) in [5, 5.41) is 1.64. The van der Waals surface area contributed by atoms with Gasteiger partial charge in [0, 0.05) is 6.92 Å². The van der Waals surface area contributed by atoms with Gasteiger partial charge in [-0.2, -0.15) is 0 Å². The van der Waals surface area contributed by atoms with Gasteiger partial charge in [-0.25, -0.2) is 8.42 Å². The highest BCUT2D eigenvalue weighted by molar-refractivity contribution is 7.94. The van der Waals surface area contributed by atoms with E-state index in [-0.39, 0.29) is 15.5 Å². The highest BCUT2D eigenvalue weighted by Crippen LogP contribution is 2.22. The van der Waals surface area contributed by atoms with Crippen LogP contribution in [-0.2, 0) is 14.8 Å². The summed E-state index contributed by atoms with van der Waals surface area (Å²) in [7, 11) is -3.76. The van der Waals surface area contributed by atoms with E-state index in [2.05, 4.69) is 15.6 Å². The number of amides is 2. The van der Waals surface area contributed by atoms with Crippen molar-refractivity contribution in [3.63, 3.8) is 0 Å². The van der Waals surface area contributed by atoms with Crippen molar-refractivity contribution in [1.29, 1.82) is 0 Å². The van der Waals surface area contributed by atoms with E-state index in [4.69, 9.17) is 0 Å². The van der Waals surface area contributed by atoms with Crippen molar-refractivity contribution < 1.29 is 18.0 Å². The van der Waals surface area contributed by atoms with Gasteiger partial charge in [-0.05, 0) is 23.6 Å². The molecule has 0 saturated carbocycles. The van der Waals surface area contributed by atoms with Gasteiger partial charge in [0.2, 0.25) is 5.91 Å².